The van der Waals surface area contributed by atoms with Gasteiger partial charge in [-0.05, 0) is 31.9 Å². The highest BCUT2D eigenvalue weighted by Crippen LogP contribution is 2.26. The number of carbonyl (C=O) groups excluding carboxylic acids is 3. The van der Waals surface area contributed by atoms with Gasteiger partial charge in [0.25, 0.3) is 5.91 Å². The Morgan fingerprint density at radius 3 is 2.50 bits per heavy atom. The molecule has 3 rings (SSSR count). The van der Waals surface area contributed by atoms with Gasteiger partial charge in [0.2, 0.25) is 5.91 Å². The zero-order valence-electron chi connectivity index (χ0n) is 14.0. The third-order valence-corrected chi connectivity index (χ3v) is 4.04. The Bertz CT molecular complexity index is 695. The lowest BCUT2D eigenvalue weighted by Gasteiger charge is -2.43. The topological polar surface area (TPSA) is 79.0 Å². The van der Waals surface area contributed by atoms with Crippen LogP contribution in [0.25, 0.3) is 0 Å². The summed E-state index contributed by atoms with van der Waals surface area (Å²) < 4.78 is 5.15. The van der Waals surface area contributed by atoms with Crippen LogP contribution in [0, 0.1) is 0 Å². The Kier molecular flexibility index (Phi) is 3.95. The molecule has 1 aromatic rings. The molecule has 2 heterocycles. The summed E-state index contributed by atoms with van der Waals surface area (Å²) in [6.07, 6.45) is -0.291. The maximum Gasteiger partial charge on any atom is 0.426 e. The Morgan fingerprint density at radius 2 is 1.83 bits per heavy atom. The second-order valence-corrected chi connectivity index (χ2v) is 7.05. The number of fused-ring (bicyclic) bond motifs is 2. The normalized spacial score (nSPS) is 20.4. The summed E-state index contributed by atoms with van der Waals surface area (Å²) >= 11 is 0. The van der Waals surface area contributed by atoms with Gasteiger partial charge >= 0.3 is 6.09 Å². The van der Waals surface area contributed by atoms with Crippen LogP contribution in [0.1, 0.15) is 31.9 Å². The fourth-order valence-corrected chi connectivity index (χ4v) is 3.00. The molecule has 1 atom stereocenters. The van der Waals surface area contributed by atoms with Gasteiger partial charge in [-0.1, -0.05) is 24.3 Å². The largest absolute Gasteiger partial charge is 0.443 e. The molecule has 1 aromatic carbocycles. The molecule has 0 saturated carbocycles. The van der Waals surface area contributed by atoms with Crippen molar-refractivity contribution in [3.63, 3.8) is 0 Å². The number of nitrogens with zero attached hydrogens (tertiary/aromatic N) is 2. The number of hydrogen-bond donors (Lipinski definition) is 1. The number of benzene rings is 1. The van der Waals surface area contributed by atoms with E-state index < -0.39 is 17.7 Å². The highest BCUT2D eigenvalue weighted by atomic mass is 16.6. The van der Waals surface area contributed by atoms with Crippen molar-refractivity contribution >= 4 is 17.9 Å². The lowest BCUT2D eigenvalue weighted by Crippen LogP contribution is -2.65. The van der Waals surface area contributed by atoms with Gasteiger partial charge in [-0.2, -0.15) is 0 Å². The van der Waals surface area contributed by atoms with Gasteiger partial charge in [-0.3, -0.25) is 9.59 Å². The van der Waals surface area contributed by atoms with Gasteiger partial charge in [0.1, 0.15) is 18.2 Å². The highest BCUT2D eigenvalue weighted by Gasteiger charge is 2.42. The maximum atomic E-state index is 12.7. The third-order valence-electron chi connectivity index (χ3n) is 4.04. The van der Waals surface area contributed by atoms with Crippen LogP contribution in [0.4, 0.5) is 4.79 Å². The van der Waals surface area contributed by atoms with Gasteiger partial charge in [0.05, 0.1) is 0 Å². The predicted octanol–water partition coefficient (Wildman–Crippen LogP) is 1.22. The van der Waals surface area contributed by atoms with Crippen molar-refractivity contribution in [3.8, 4) is 0 Å². The first kappa shape index (κ1) is 16.3. The molecule has 1 saturated heterocycles. The molecule has 0 spiro atoms. The van der Waals surface area contributed by atoms with Crippen LogP contribution >= 0.6 is 0 Å². The van der Waals surface area contributed by atoms with E-state index in [9.17, 15) is 14.4 Å². The van der Waals surface area contributed by atoms with Gasteiger partial charge in [-0.25, -0.2) is 15.2 Å². The van der Waals surface area contributed by atoms with Gasteiger partial charge in [0.15, 0.2) is 0 Å². The molecular formula is C17H21N3O4. The van der Waals surface area contributed by atoms with Crippen molar-refractivity contribution in [2.24, 2.45) is 0 Å². The summed E-state index contributed by atoms with van der Waals surface area (Å²) in [7, 11) is 0. The number of piperazine rings is 1. The molecule has 128 valence electrons. The van der Waals surface area contributed by atoms with Crippen LogP contribution in [0.2, 0.25) is 0 Å². The van der Waals surface area contributed by atoms with Gasteiger partial charge < -0.3 is 9.64 Å². The van der Waals surface area contributed by atoms with E-state index in [-0.39, 0.29) is 18.4 Å². The molecule has 2 aliphatic rings. The molecule has 0 aromatic heterocycles. The average Bonchev–Trinajstić information content (AvgIpc) is 2.49. The molecule has 2 aliphatic heterocycles. The first-order chi connectivity index (χ1) is 11.2. The van der Waals surface area contributed by atoms with Crippen molar-refractivity contribution in [1.29, 1.82) is 0 Å². The Hall–Kier alpha value is -2.57. The van der Waals surface area contributed by atoms with E-state index in [1.165, 1.54) is 0 Å². The van der Waals surface area contributed by atoms with E-state index in [0.717, 1.165) is 16.1 Å². The van der Waals surface area contributed by atoms with Crippen LogP contribution in [0.5, 0.6) is 0 Å². The van der Waals surface area contributed by atoms with Crippen molar-refractivity contribution < 1.29 is 19.1 Å². The van der Waals surface area contributed by atoms with E-state index >= 15 is 0 Å². The van der Waals surface area contributed by atoms with E-state index in [0.29, 0.717) is 13.0 Å². The standard InChI is InChI=1S/C17H21N3O4/c1-17(2,3)24-16(23)18-20-10-14(21)19-9-12-7-5-4-6-11(12)8-13(19)15(20)22/h4-7,13H,8-10H2,1-3H3,(H,18,23). The first-order valence-corrected chi connectivity index (χ1v) is 7.92. The second-order valence-electron chi connectivity index (χ2n) is 7.05. The summed E-state index contributed by atoms with van der Waals surface area (Å²) in [6.45, 7) is 5.43. The summed E-state index contributed by atoms with van der Waals surface area (Å²) in [4.78, 5) is 38.5. The molecule has 24 heavy (non-hydrogen) atoms. The average molecular weight is 331 g/mol. The monoisotopic (exact) mass is 331 g/mol. The maximum absolute atomic E-state index is 12.7. The molecule has 7 nitrogen and oxygen atoms in total. The molecule has 1 fully saturated rings. The lowest BCUT2D eigenvalue weighted by atomic mass is 9.92. The highest BCUT2D eigenvalue weighted by molar-refractivity contribution is 5.96. The zero-order chi connectivity index (χ0) is 17.5. The van der Waals surface area contributed by atoms with Crippen molar-refractivity contribution in [2.45, 2.75) is 45.4 Å². The molecule has 0 bridgehead atoms. The van der Waals surface area contributed by atoms with E-state index in [4.69, 9.17) is 4.74 Å². The number of nitrogens with one attached hydrogen (secondary N) is 1. The van der Waals surface area contributed by atoms with Crippen LogP contribution < -0.4 is 5.43 Å². The number of carbonyl (C=O) groups is 3. The molecule has 1 N–H and O–H groups in total. The minimum absolute atomic E-state index is 0.184. The Labute approximate surface area is 140 Å². The van der Waals surface area contributed by atoms with Gasteiger partial charge in [-0.15, -0.1) is 0 Å². The number of rotatable bonds is 1. The zero-order valence-corrected chi connectivity index (χ0v) is 14.0. The van der Waals surface area contributed by atoms with E-state index in [1.54, 1.807) is 25.7 Å². The molecule has 1 unspecified atom stereocenters. The van der Waals surface area contributed by atoms with Crippen LogP contribution in [0.3, 0.4) is 0 Å². The Morgan fingerprint density at radius 1 is 1.17 bits per heavy atom. The minimum Gasteiger partial charge on any atom is -0.443 e. The van der Waals surface area contributed by atoms with Crippen LogP contribution in [-0.2, 0) is 27.3 Å². The number of hydrazine groups is 1. The fraction of sp³-hybridized carbons (Fsp3) is 0.471. The number of ether oxygens (including phenoxy) is 1. The SMILES string of the molecule is CC(C)(C)OC(=O)NN1CC(=O)N2Cc3ccccc3CC2C1=O. The quantitative estimate of drug-likeness (QED) is 0.839. The fourth-order valence-electron chi connectivity index (χ4n) is 3.00. The van der Waals surface area contributed by atoms with Crippen molar-refractivity contribution in [1.82, 2.24) is 15.3 Å². The smallest absolute Gasteiger partial charge is 0.426 e. The number of amides is 3. The molecule has 3 amide bonds. The third kappa shape index (κ3) is 3.20. The molecule has 7 heteroatoms. The Balaban J connectivity index is 1.75. The summed E-state index contributed by atoms with van der Waals surface area (Å²) in [6, 6.07) is 7.18. The lowest BCUT2D eigenvalue weighted by molar-refractivity contribution is -0.160. The summed E-state index contributed by atoms with van der Waals surface area (Å²) in [5.74, 6) is -0.486. The summed E-state index contributed by atoms with van der Waals surface area (Å²) in [5, 5.41) is 1.06. The second kappa shape index (κ2) is 5.81. The van der Waals surface area contributed by atoms with Crippen molar-refractivity contribution in [2.75, 3.05) is 6.54 Å². The summed E-state index contributed by atoms with van der Waals surface area (Å²) in [5.41, 5.74) is 3.82. The van der Waals surface area contributed by atoms with Crippen molar-refractivity contribution in [3.05, 3.63) is 35.4 Å². The number of hydrogen-bond acceptors (Lipinski definition) is 4. The van der Waals surface area contributed by atoms with Crippen LogP contribution in [0.15, 0.2) is 24.3 Å². The van der Waals surface area contributed by atoms with Gasteiger partial charge in [0, 0.05) is 13.0 Å². The van der Waals surface area contributed by atoms with Crippen LogP contribution in [-0.4, -0.2) is 46.0 Å². The van der Waals surface area contributed by atoms with E-state index in [2.05, 4.69) is 5.43 Å². The van der Waals surface area contributed by atoms with E-state index in [1.807, 2.05) is 24.3 Å². The molecular weight excluding hydrogens is 310 g/mol. The minimum atomic E-state index is -0.742. The first-order valence-electron chi connectivity index (χ1n) is 7.92. The predicted molar refractivity (Wildman–Crippen MR) is 85.6 cm³/mol. The molecule has 0 radical (unpaired) electrons. The molecule has 0 aliphatic carbocycles.